The SMILES string of the molecule is CC(C)(O)c1nn(-c2cccnc2C(F)(F)F)c(-c2ccc(-c3cccc(S(C)(=O)=O)c3)s2)c1Br. The molecule has 0 unspecified atom stereocenters. The van der Waals surface area contributed by atoms with Gasteiger partial charge >= 0.3 is 6.18 Å². The molecule has 0 saturated carbocycles. The van der Waals surface area contributed by atoms with Crippen molar-refractivity contribution in [2.75, 3.05) is 6.26 Å². The van der Waals surface area contributed by atoms with Gasteiger partial charge in [0, 0.05) is 17.3 Å². The summed E-state index contributed by atoms with van der Waals surface area (Å²) in [7, 11) is -3.42. The van der Waals surface area contributed by atoms with Crippen molar-refractivity contribution in [1.29, 1.82) is 0 Å². The molecule has 0 saturated heterocycles. The zero-order valence-corrected chi connectivity index (χ0v) is 21.8. The van der Waals surface area contributed by atoms with E-state index in [0.717, 1.165) is 17.1 Å². The summed E-state index contributed by atoms with van der Waals surface area (Å²) in [6.45, 7) is 2.97. The highest BCUT2D eigenvalue weighted by Crippen LogP contribution is 2.44. The van der Waals surface area contributed by atoms with Gasteiger partial charge in [-0.1, -0.05) is 12.1 Å². The normalized spacial score (nSPS) is 12.8. The Morgan fingerprint density at radius 2 is 1.71 bits per heavy atom. The van der Waals surface area contributed by atoms with E-state index >= 15 is 0 Å². The van der Waals surface area contributed by atoms with Gasteiger partial charge in [-0.25, -0.2) is 18.1 Å². The molecule has 4 aromatic rings. The number of halogens is 4. The Morgan fingerprint density at radius 3 is 2.34 bits per heavy atom. The van der Waals surface area contributed by atoms with E-state index in [-0.39, 0.29) is 16.3 Å². The van der Waals surface area contributed by atoms with Crippen LogP contribution in [0.25, 0.3) is 26.7 Å². The molecular formula is C23H19BrF3N3O3S2. The van der Waals surface area contributed by atoms with Crippen molar-refractivity contribution in [3.8, 4) is 26.7 Å². The number of thiophene rings is 1. The van der Waals surface area contributed by atoms with Crippen molar-refractivity contribution in [1.82, 2.24) is 14.8 Å². The molecule has 35 heavy (non-hydrogen) atoms. The molecule has 0 aliphatic carbocycles. The molecule has 184 valence electrons. The Morgan fingerprint density at radius 1 is 1.03 bits per heavy atom. The lowest BCUT2D eigenvalue weighted by atomic mass is 10.1. The summed E-state index contributed by atoms with van der Waals surface area (Å²) in [6, 6.07) is 12.5. The third-order valence-electron chi connectivity index (χ3n) is 5.08. The number of aliphatic hydroxyl groups is 1. The summed E-state index contributed by atoms with van der Waals surface area (Å²) >= 11 is 4.68. The number of pyridine rings is 1. The number of rotatable bonds is 5. The van der Waals surface area contributed by atoms with Crippen LogP contribution < -0.4 is 0 Å². The van der Waals surface area contributed by atoms with Crippen molar-refractivity contribution in [2.45, 2.75) is 30.5 Å². The van der Waals surface area contributed by atoms with Crippen molar-refractivity contribution < 1.29 is 26.7 Å². The molecule has 0 atom stereocenters. The predicted molar refractivity (Wildman–Crippen MR) is 131 cm³/mol. The van der Waals surface area contributed by atoms with Crippen molar-refractivity contribution in [3.63, 3.8) is 0 Å². The van der Waals surface area contributed by atoms with Crippen LogP contribution in [0, 0.1) is 0 Å². The first-order valence-corrected chi connectivity index (χ1v) is 13.6. The molecule has 0 radical (unpaired) electrons. The summed E-state index contributed by atoms with van der Waals surface area (Å²) in [4.78, 5) is 4.95. The highest BCUT2D eigenvalue weighted by atomic mass is 79.9. The average Bonchev–Trinajstić information content (AvgIpc) is 3.37. The number of aromatic nitrogens is 3. The quantitative estimate of drug-likeness (QED) is 0.307. The monoisotopic (exact) mass is 585 g/mol. The number of nitrogens with zero attached hydrogens (tertiary/aromatic N) is 3. The largest absolute Gasteiger partial charge is 0.435 e. The zero-order valence-electron chi connectivity index (χ0n) is 18.6. The van der Waals surface area contributed by atoms with Gasteiger partial charge in [-0.2, -0.15) is 18.3 Å². The molecule has 4 rings (SSSR count). The zero-order chi connectivity index (χ0) is 25.8. The molecule has 6 nitrogen and oxygen atoms in total. The summed E-state index contributed by atoms with van der Waals surface area (Å²) in [5, 5.41) is 15.0. The smallest absolute Gasteiger partial charge is 0.384 e. The Kier molecular flexibility index (Phi) is 6.45. The van der Waals surface area contributed by atoms with Gasteiger partial charge < -0.3 is 5.11 Å². The molecule has 1 N–H and O–H groups in total. The third-order valence-corrected chi connectivity index (χ3v) is 8.08. The molecule has 0 aliphatic rings. The lowest BCUT2D eigenvalue weighted by Crippen LogP contribution is -2.18. The van der Waals surface area contributed by atoms with Gasteiger partial charge in [-0.05, 0) is 71.7 Å². The van der Waals surface area contributed by atoms with E-state index in [0.29, 0.717) is 25.5 Å². The Hall–Kier alpha value is -2.54. The maximum Gasteiger partial charge on any atom is 0.435 e. The molecule has 3 heterocycles. The minimum absolute atomic E-state index is 0.151. The third kappa shape index (κ3) is 5.06. The van der Waals surface area contributed by atoms with Crippen LogP contribution in [0.2, 0.25) is 0 Å². The second-order valence-electron chi connectivity index (χ2n) is 8.31. The fourth-order valence-electron chi connectivity index (χ4n) is 3.46. The van der Waals surface area contributed by atoms with Crippen LogP contribution in [0.1, 0.15) is 25.2 Å². The molecule has 3 aromatic heterocycles. The molecule has 0 aliphatic heterocycles. The number of sulfone groups is 1. The van der Waals surface area contributed by atoms with E-state index in [4.69, 9.17) is 0 Å². The van der Waals surface area contributed by atoms with E-state index in [9.17, 15) is 26.7 Å². The van der Waals surface area contributed by atoms with E-state index < -0.39 is 27.3 Å². The fourth-order valence-corrected chi connectivity index (χ4v) is 6.25. The molecule has 0 fully saturated rings. The van der Waals surface area contributed by atoms with Crippen LogP contribution in [-0.4, -0.2) is 34.5 Å². The van der Waals surface area contributed by atoms with Crippen LogP contribution >= 0.6 is 27.3 Å². The summed E-state index contributed by atoms with van der Waals surface area (Å²) < 4.78 is 66.7. The summed E-state index contributed by atoms with van der Waals surface area (Å²) in [6.07, 6.45) is -2.56. The highest BCUT2D eigenvalue weighted by molar-refractivity contribution is 9.10. The first-order chi connectivity index (χ1) is 16.2. The van der Waals surface area contributed by atoms with Crippen molar-refractivity contribution in [2.24, 2.45) is 0 Å². The Bertz CT molecular complexity index is 1520. The number of hydrogen-bond donors (Lipinski definition) is 1. The molecule has 0 bridgehead atoms. The number of hydrogen-bond acceptors (Lipinski definition) is 6. The van der Waals surface area contributed by atoms with Gasteiger partial charge in [0.2, 0.25) is 0 Å². The Balaban J connectivity index is 1.94. The van der Waals surface area contributed by atoms with E-state index in [2.05, 4.69) is 26.0 Å². The van der Waals surface area contributed by atoms with Crippen LogP contribution in [0.3, 0.4) is 0 Å². The van der Waals surface area contributed by atoms with Crippen LogP contribution in [0.15, 0.2) is 64.1 Å². The average molecular weight is 586 g/mol. The van der Waals surface area contributed by atoms with Gasteiger partial charge in [0.25, 0.3) is 0 Å². The number of alkyl halides is 3. The van der Waals surface area contributed by atoms with Gasteiger partial charge in [-0.15, -0.1) is 11.3 Å². The van der Waals surface area contributed by atoms with Gasteiger partial charge in [-0.3, -0.25) is 0 Å². The minimum Gasteiger partial charge on any atom is -0.384 e. The van der Waals surface area contributed by atoms with Gasteiger partial charge in [0.15, 0.2) is 15.5 Å². The number of benzene rings is 1. The maximum atomic E-state index is 13.8. The van der Waals surface area contributed by atoms with Crippen molar-refractivity contribution in [3.05, 3.63) is 70.6 Å². The fraction of sp³-hybridized carbons (Fsp3) is 0.217. The van der Waals surface area contributed by atoms with Gasteiger partial charge in [0.05, 0.1) is 25.6 Å². The topological polar surface area (TPSA) is 85.1 Å². The molecule has 0 amide bonds. The molecule has 1 aromatic carbocycles. The highest BCUT2D eigenvalue weighted by Gasteiger charge is 2.38. The van der Waals surface area contributed by atoms with Crippen LogP contribution in [0.5, 0.6) is 0 Å². The maximum absolute atomic E-state index is 13.8. The predicted octanol–water partition coefficient (Wildman–Crippen LogP) is 6.08. The van der Waals surface area contributed by atoms with E-state index in [1.165, 1.54) is 43.4 Å². The molecule has 12 heteroatoms. The lowest BCUT2D eigenvalue weighted by molar-refractivity contribution is -0.141. The summed E-state index contributed by atoms with van der Waals surface area (Å²) in [5.74, 6) is 0. The second-order valence-corrected chi connectivity index (χ2v) is 12.2. The van der Waals surface area contributed by atoms with E-state index in [1.54, 1.807) is 30.3 Å². The van der Waals surface area contributed by atoms with E-state index in [1.807, 2.05) is 0 Å². The van der Waals surface area contributed by atoms with Crippen LogP contribution in [-0.2, 0) is 21.6 Å². The second kappa shape index (κ2) is 8.84. The van der Waals surface area contributed by atoms with Crippen molar-refractivity contribution >= 4 is 37.1 Å². The first-order valence-electron chi connectivity index (χ1n) is 10.1. The van der Waals surface area contributed by atoms with Gasteiger partial charge in [0.1, 0.15) is 11.3 Å². The van der Waals surface area contributed by atoms with Crippen LogP contribution in [0.4, 0.5) is 13.2 Å². The molecule has 0 spiro atoms. The summed E-state index contributed by atoms with van der Waals surface area (Å²) in [5.41, 5.74) is -1.76. The Labute approximate surface area is 212 Å². The minimum atomic E-state index is -4.73. The lowest BCUT2D eigenvalue weighted by Gasteiger charge is -2.14. The standard InChI is InChI=1S/C23H19BrF3N3O3S2/c1-22(2,31)21-18(24)19(30(29-21)15-8-5-11-28-20(15)23(25,26)27)17-10-9-16(34-17)13-6-4-7-14(12-13)35(3,32)33/h4-12,31H,1-3H3. The molecular weight excluding hydrogens is 567 g/mol. The first kappa shape index (κ1) is 25.5.